The van der Waals surface area contributed by atoms with Crippen LogP contribution >= 0.6 is 0 Å². The molecule has 0 aliphatic carbocycles. The number of sulfonamides is 1. The van der Waals surface area contributed by atoms with Crippen molar-refractivity contribution in [2.24, 2.45) is 0 Å². The number of carboxylic acid groups (broad SMARTS) is 1. The minimum absolute atomic E-state index is 0.167. The van der Waals surface area contributed by atoms with E-state index in [2.05, 4.69) is 5.32 Å². The number of hydrogen-bond acceptors (Lipinski definition) is 4. The van der Waals surface area contributed by atoms with Crippen LogP contribution < -0.4 is 5.32 Å². The zero-order chi connectivity index (χ0) is 16.2. The number of rotatable bonds is 6. The molecule has 0 aliphatic heterocycles. The van der Waals surface area contributed by atoms with Crippen LogP contribution in [0.5, 0.6) is 0 Å². The predicted octanol–water partition coefficient (Wildman–Crippen LogP) is 0.744. The van der Waals surface area contributed by atoms with Crippen LogP contribution in [-0.2, 0) is 14.8 Å². The highest BCUT2D eigenvalue weighted by Crippen LogP contribution is 2.16. The fourth-order valence-corrected chi connectivity index (χ4v) is 2.22. The number of amides is 1. The minimum Gasteiger partial charge on any atom is -0.478 e. The van der Waals surface area contributed by atoms with Gasteiger partial charge >= 0.3 is 5.97 Å². The summed E-state index contributed by atoms with van der Waals surface area (Å²) in [5.74, 6) is -3.01. The number of carboxylic acids is 1. The number of likely N-dealkylation sites (N-methyl/N-ethyl adjacent to an activating group) is 1. The Hall–Kier alpha value is -2.00. The van der Waals surface area contributed by atoms with E-state index in [1.165, 1.54) is 14.0 Å². The van der Waals surface area contributed by atoms with Crippen LogP contribution in [0.4, 0.5) is 10.1 Å². The lowest BCUT2D eigenvalue weighted by atomic mass is 10.2. The number of nitrogens with zero attached hydrogens (tertiary/aromatic N) is 1. The highest BCUT2D eigenvalue weighted by Gasteiger charge is 2.19. The maximum Gasteiger partial charge on any atom is 0.335 e. The minimum atomic E-state index is -3.53. The van der Waals surface area contributed by atoms with Crippen molar-refractivity contribution in [2.75, 3.05) is 24.7 Å². The molecular weight excluding hydrogens is 303 g/mol. The Morgan fingerprint density at radius 2 is 2.00 bits per heavy atom. The van der Waals surface area contributed by atoms with E-state index in [1.54, 1.807) is 0 Å². The lowest BCUT2D eigenvalue weighted by molar-refractivity contribution is -0.116. The molecule has 116 valence electrons. The topological polar surface area (TPSA) is 104 Å². The molecular formula is C12H15FN2O5S. The van der Waals surface area contributed by atoms with E-state index < -0.39 is 34.3 Å². The van der Waals surface area contributed by atoms with E-state index in [1.807, 2.05) is 0 Å². The van der Waals surface area contributed by atoms with Gasteiger partial charge in [-0.1, -0.05) is 0 Å². The molecule has 0 heterocycles. The van der Waals surface area contributed by atoms with Crippen molar-refractivity contribution >= 4 is 27.6 Å². The van der Waals surface area contributed by atoms with Crippen LogP contribution in [-0.4, -0.2) is 49.1 Å². The first-order valence-electron chi connectivity index (χ1n) is 5.94. The Bertz CT molecular complexity index is 660. The van der Waals surface area contributed by atoms with Crippen LogP contribution in [0.2, 0.25) is 0 Å². The van der Waals surface area contributed by atoms with Crippen LogP contribution in [0.15, 0.2) is 18.2 Å². The fourth-order valence-electron chi connectivity index (χ4n) is 1.46. The third-order valence-corrected chi connectivity index (χ3v) is 4.50. The van der Waals surface area contributed by atoms with Gasteiger partial charge in [0.05, 0.1) is 23.5 Å². The molecule has 0 bridgehead atoms. The zero-order valence-corrected chi connectivity index (χ0v) is 12.3. The van der Waals surface area contributed by atoms with E-state index in [-0.39, 0.29) is 17.0 Å². The van der Waals surface area contributed by atoms with Crippen molar-refractivity contribution in [3.8, 4) is 0 Å². The quantitative estimate of drug-likeness (QED) is 0.805. The summed E-state index contributed by atoms with van der Waals surface area (Å²) in [4.78, 5) is 22.5. The summed E-state index contributed by atoms with van der Waals surface area (Å²) in [6.07, 6.45) is 0. The van der Waals surface area contributed by atoms with Crippen molar-refractivity contribution in [1.29, 1.82) is 0 Å². The van der Waals surface area contributed by atoms with Gasteiger partial charge in [0.2, 0.25) is 15.9 Å². The molecule has 1 amide bonds. The fraction of sp³-hybridized carbons (Fsp3) is 0.333. The smallest absolute Gasteiger partial charge is 0.335 e. The Kier molecular flexibility index (Phi) is 5.39. The van der Waals surface area contributed by atoms with E-state index >= 15 is 0 Å². The van der Waals surface area contributed by atoms with Crippen molar-refractivity contribution < 1.29 is 27.5 Å². The van der Waals surface area contributed by atoms with Gasteiger partial charge in [-0.2, -0.15) is 4.31 Å². The standard InChI is InChI=1S/C12H15FN2O5S/c1-3-21(19,20)15(2)7-11(16)14-10-6-8(12(17)18)4-5-9(10)13/h4-6H,3,7H2,1-2H3,(H,14,16)(H,17,18). The van der Waals surface area contributed by atoms with E-state index in [9.17, 15) is 22.4 Å². The van der Waals surface area contributed by atoms with Gasteiger partial charge < -0.3 is 10.4 Å². The first-order valence-corrected chi connectivity index (χ1v) is 7.55. The van der Waals surface area contributed by atoms with Crippen molar-refractivity contribution in [1.82, 2.24) is 4.31 Å². The second-order valence-electron chi connectivity index (χ2n) is 4.20. The summed E-state index contributed by atoms with van der Waals surface area (Å²) in [6.45, 7) is 0.937. The third-order valence-electron chi connectivity index (χ3n) is 2.69. The largest absolute Gasteiger partial charge is 0.478 e. The number of carbonyl (C=O) groups excluding carboxylic acids is 1. The van der Waals surface area contributed by atoms with E-state index in [0.29, 0.717) is 0 Å². The van der Waals surface area contributed by atoms with Crippen LogP contribution in [0.1, 0.15) is 17.3 Å². The average molecular weight is 318 g/mol. The maximum atomic E-state index is 13.5. The molecule has 0 aromatic heterocycles. The lowest BCUT2D eigenvalue weighted by Crippen LogP contribution is -2.35. The van der Waals surface area contributed by atoms with Gasteiger partial charge in [-0.3, -0.25) is 4.79 Å². The van der Waals surface area contributed by atoms with E-state index in [4.69, 9.17) is 5.11 Å². The molecule has 1 aromatic carbocycles. The molecule has 0 fully saturated rings. The predicted molar refractivity (Wildman–Crippen MR) is 74.1 cm³/mol. The molecule has 0 unspecified atom stereocenters. The van der Waals surface area contributed by atoms with Crippen LogP contribution in [0.3, 0.4) is 0 Å². The van der Waals surface area contributed by atoms with E-state index in [0.717, 1.165) is 22.5 Å². The first kappa shape index (κ1) is 17.1. The molecule has 1 aromatic rings. The van der Waals surface area contributed by atoms with Gasteiger partial charge in [-0.25, -0.2) is 17.6 Å². The molecule has 9 heteroatoms. The molecule has 0 saturated carbocycles. The molecule has 0 aliphatic rings. The summed E-state index contributed by atoms with van der Waals surface area (Å²) < 4.78 is 37.3. The number of carbonyl (C=O) groups is 2. The average Bonchev–Trinajstić information content (AvgIpc) is 2.40. The Morgan fingerprint density at radius 1 is 1.38 bits per heavy atom. The Labute approximate surface area is 121 Å². The Morgan fingerprint density at radius 3 is 2.52 bits per heavy atom. The maximum absolute atomic E-state index is 13.5. The monoisotopic (exact) mass is 318 g/mol. The van der Waals surface area contributed by atoms with Crippen molar-refractivity contribution in [3.63, 3.8) is 0 Å². The van der Waals surface area contributed by atoms with Crippen molar-refractivity contribution in [2.45, 2.75) is 6.92 Å². The molecule has 7 nitrogen and oxygen atoms in total. The van der Waals surface area contributed by atoms with Crippen LogP contribution in [0.25, 0.3) is 0 Å². The molecule has 21 heavy (non-hydrogen) atoms. The number of hydrogen-bond donors (Lipinski definition) is 2. The third kappa shape index (κ3) is 4.50. The zero-order valence-electron chi connectivity index (χ0n) is 11.5. The number of aromatic carboxylic acids is 1. The van der Waals surface area contributed by atoms with Crippen molar-refractivity contribution in [3.05, 3.63) is 29.6 Å². The number of anilines is 1. The highest BCUT2D eigenvalue weighted by atomic mass is 32.2. The van der Waals surface area contributed by atoms with Gasteiger partial charge in [-0.05, 0) is 25.1 Å². The van der Waals surface area contributed by atoms with Gasteiger partial charge in [0.1, 0.15) is 5.82 Å². The van der Waals surface area contributed by atoms with Gasteiger partial charge in [-0.15, -0.1) is 0 Å². The second-order valence-corrected chi connectivity index (χ2v) is 6.57. The van der Waals surface area contributed by atoms with Gasteiger partial charge in [0, 0.05) is 7.05 Å². The number of halogens is 1. The molecule has 0 radical (unpaired) electrons. The summed E-state index contributed by atoms with van der Waals surface area (Å²) in [6, 6.07) is 2.93. The summed E-state index contributed by atoms with van der Waals surface area (Å²) in [7, 11) is -2.31. The molecule has 0 atom stereocenters. The molecule has 2 N–H and O–H groups in total. The number of benzene rings is 1. The Balaban J connectivity index is 2.84. The summed E-state index contributed by atoms with van der Waals surface area (Å²) in [5.41, 5.74) is -0.511. The highest BCUT2D eigenvalue weighted by molar-refractivity contribution is 7.89. The first-order chi connectivity index (χ1) is 9.67. The second kappa shape index (κ2) is 6.64. The normalized spacial score (nSPS) is 11.4. The SMILES string of the molecule is CCS(=O)(=O)N(C)CC(=O)Nc1cc(C(=O)O)ccc1F. The summed E-state index contributed by atoms with van der Waals surface area (Å²) in [5, 5.41) is 10.9. The van der Waals surface area contributed by atoms with Crippen LogP contribution in [0, 0.1) is 5.82 Å². The lowest BCUT2D eigenvalue weighted by Gasteiger charge is -2.15. The summed E-state index contributed by atoms with van der Waals surface area (Å²) >= 11 is 0. The molecule has 0 saturated heterocycles. The van der Waals surface area contributed by atoms with Gasteiger partial charge in [0.15, 0.2) is 0 Å². The number of nitrogens with one attached hydrogen (secondary N) is 1. The van der Waals surface area contributed by atoms with Gasteiger partial charge in [0.25, 0.3) is 0 Å². The molecule has 0 spiro atoms. The molecule has 1 rings (SSSR count).